The van der Waals surface area contributed by atoms with Gasteiger partial charge in [-0.25, -0.2) is 9.48 Å². The number of methoxy groups -OCH3 is 1. The Balaban J connectivity index is 1.56. The topological polar surface area (TPSA) is 85.2 Å². The average molecular weight is 392 g/mol. The van der Waals surface area contributed by atoms with E-state index in [0.717, 1.165) is 23.3 Å². The smallest absolute Gasteiger partial charge is 0.322 e. The Morgan fingerprint density at radius 3 is 2.79 bits per heavy atom. The summed E-state index contributed by atoms with van der Waals surface area (Å²) in [6.45, 7) is 5.20. The fourth-order valence-electron chi connectivity index (χ4n) is 3.64. The summed E-state index contributed by atoms with van der Waals surface area (Å²) >= 11 is 0. The highest BCUT2D eigenvalue weighted by Gasteiger charge is 2.24. The number of carbonyl (C=O) groups excluding carboxylic acids is 1. The van der Waals surface area contributed by atoms with Gasteiger partial charge in [-0.2, -0.15) is 0 Å². The minimum absolute atomic E-state index is 0.109. The summed E-state index contributed by atoms with van der Waals surface area (Å²) in [4.78, 5) is 14.8. The Morgan fingerprint density at radius 1 is 1.17 bits per heavy atom. The third-order valence-corrected chi connectivity index (χ3v) is 5.12. The van der Waals surface area contributed by atoms with E-state index in [0.29, 0.717) is 24.6 Å². The molecule has 29 heavy (non-hydrogen) atoms. The predicted molar refractivity (Wildman–Crippen MR) is 110 cm³/mol. The molecule has 8 nitrogen and oxygen atoms in total. The summed E-state index contributed by atoms with van der Waals surface area (Å²) in [5.74, 6) is 1.51. The van der Waals surface area contributed by atoms with E-state index in [4.69, 9.17) is 4.74 Å². The number of tetrazole rings is 1. The lowest BCUT2D eigenvalue weighted by Gasteiger charge is -2.30. The van der Waals surface area contributed by atoms with E-state index in [2.05, 4.69) is 20.8 Å². The first-order chi connectivity index (χ1) is 14.1. The zero-order valence-corrected chi connectivity index (χ0v) is 16.8. The maximum atomic E-state index is 13.0. The molecule has 0 saturated carbocycles. The number of hydrogen-bond acceptors (Lipinski definition) is 5. The molecular formula is C21H24N6O2. The van der Waals surface area contributed by atoms with Crippen molar-refractivity contribution in [2.75, 3.05) is 19.0 Å². The quantitative estimate of drug-likeness (QED) is 0.734. The monoisotopic (exact) mass is 392 g/mol. The zero-order valence-electron chi connectivity index (χ0n) is 16.8. The third-order valence-electron chi connectivity index (χ3n) is 5.12. The Morgan fingerprint density at radius 2 is 2.00 bits per heavy atom. The molecular weight excluding hydrogens is 368 g/mol. The van der Waals surface area contributed by atoms with E-state index >= 15 is 0 Å². The number of anilines is 1. The number of nitrogens with one attached hydrogen (secondary N) is 1. The second-order valence-corrected chi connectivity index (χ2v) is 7.29. The van der Waals surface area contributed by atoms with E-state index in [1.165, 1.54) is 5.56 Å². The van der Waals surface area contributed by atoms with Gasteiger partial charge in [-0.15, -0.1) is 5.10 Å². The average Bonchev–Trinajstić information content (AvgIpc) is 3.23. The predicted octanol–water partition coefficient (Wildman–Crippen LogP) is 3.52. The van der Waals surface area contributed by atoms with Crippen molar-refractivity contribution in [1.82, 2.24) is 25.1 Å². The van der Waals surface area contributed by atoms with E-state index in [1.54, 1.807) is 11.8 Å². The van der Waals surface area contributed by atoms with E-state index in [1.807, 2.05) is 61.2 Å². The third kappa shape index (κ3) is 3.65. The lowest BCUT2D eigenvalue weighted by molar-refractivity contribution is 0.206. The van der Waals surface area contributed by atoms with Crippen LogP contribution in [0.1, 0.15) is 31.0 Å². The molecule has 8 heteroatoms. The highest BCUT2D eigenvalue weighted by molar-refractivity contribution is 5.93. The Kier molecular flexibility index (Phi) is 5.16. The Hall–Kier alpha value is -3.42. The minimum atomic E-state index is -0.144. The molecule has 0 fully saturated rings. The van der Waals surface area contributed by atoms with Crippen LogP contribution in [0.4, 0.5) is 10.5 Å². The number of nitrogens with zero attached hydrogens (tertiary/aromatic N) is 5. The number of amides is 2. The number of rotatable bonds is 4. The van der Waals surface area contributed by atoms with Crippen molar-refractivity contribution >= 4 is 11.7 Å². The molecule has 1 N–H and O–H groups in total. The first-order valence-electron chi connectivity index (χ1n) is 9.66. The van der Waals surface area contributed by atoms with Crippen LogP contribution in [0.25, 0.3) is 11.4 Å². The summed E-state index contributed by atoms with van der Waals surface area (Å²) in [6, 6.07) is 13.5. The molecule has 0 unspecified atom stereocenters. The molecule has 4 rings (SSSR count). The standard InChI is InChI=1S/C21H24N6O2/c1-14(2)27-20(23-24-25-27)17-8-4-5-9-18(17)22-21(28)26-12-11-16-15(13-26)7-6-10-19(16)29-3/h4-10,14H,11-13H2,1-3H3,(H,22,28). The van der Waals surface area contributed by atoms with Gasteiger partial charge >= 0.3 is 6.03 Å². The van der Waals surface area contributed by atoms with Crippen LogP contribution in [0.5, 0.6) is 5.75 Å². The fraction of sp³-hybridized carbons (Fsp3) is 0.333. The maximum Gasteiger partial charge on any atom is 0.322 e. The van der Waals surface area contributed by atoms with Gasteiger partial charge < -0.3 is 15.0 Å². The molecule has 1 aliphatic heterocycles. The van der Waals surface area contributed by atoms with E-state index < -0.39 is 0 Å². The molecule has 0 saturated heterocycles. The summed E-state index contributed by atoms with van der Waals surface area (Å²) < 4.78 is 7.20. The van der Waals surface area contributed by atoms with Crippen molar-refractivity contribution in [3.8, 4) is 17.1 Å². The Bertz CT molecular complexity index is 1030. The van der Waals surface area contributed by atoms with Gasteiger partial charge in [-0.1, -0.05) is 24.3 Å². The SMILES string of the molecule is COc1cccc2c1CCN(C(=O)Nc1ccccc1-c1nnnn1C(C)C)C2. The number of ether oxygens (including phenoxy) is 1. The van der Waals surface area contributed by atoms with Crippen LogP contribution in [0, 0.1) is 0 Å². The maximum absolute atomic E-state index is 13.0. The molecule has 0 atom stereocenters. The van der Waals surface area contributed by atoms with Gasteiger partial charge in [0.15, 0.2) is 5.82 Å². The van der Waals surface area contributed by atoms with Gasteiger partial charge in [0.2, 0.25) is 0 Å². The number of aromatic nitrogens is 4. The molecule has 0 bridgehead atoms. The van der Waals surface area contributed by atoms with Crippen molar-refractivity contribution in [3.63, 3.8) is 0 Å². The highest BCUT2D eigenvalue weighted by Crippen LogP contribution is 2.30. The summed E-state index contributed by atoms with van der Waals surface area (Å²) in [6.07, 6.45) is 0.764. The van der Waals surface area contributed by atoms with Crippen molar-refractivity contribution in [1.29, 1.82) is 0 Å². The van der Waals surface area contributed by atoms with Crippen molar-refractivity contribution in [2.24, 2.45) is 0 Å². The number of carbonyl (C=O) groups is 1. The lowest BCUT2D eigenvalue weighted by Crippen LogP contribution is -2.39. The van der Waals surface area contributed by atoms with Crippen LogP contribution >= 0.6 is 0 Å². The lowest BCUT2D eigenvalue weighted by atomic mass is 9.99. The molecule has 0 spiro atoms. The minimum Gasteiger partial charge on any atom is -0.496 e. The molecule has 0 radical (unpaired) electrons. The largest absolute Gasteiger partial charge is 0.496 e. The fourth-order valence-corrected chi connectivity index (χ4v) is 3.64. The molecule has 2 heterocycles. The molecule has 2 aromatic carbocycles. The van der Waals surface area contributed by atoms with Crippen LogP contribution in [0.3, 0.4) is 0 Å². The number of urea groups is 1. The summed E-state index contributed by atoms with van der Waals surface area (Å²) in [5, 5.41) is 15.1. The summed E-state index contributed by atoms with van der Waals surface area (Å²) in [7, 11) is 1.68. The van der Waals surface area contributed by atoms with Crippen molar-refractivity contribution < 1.29 is 9.53 Å². The zero-order chi connectivity index (χ0) is 20.4. The number of hydrogen-bond donors (Lipinski definition) is 1. The van der Waals surface area contributed by atoms with Gasteiger partial charge in [0.05, 0.1) is 18.8 Å². The van der Waals surface area contributed by atoms with E-state index in [-0.39, 0.29) is 12.1 Å². The van der Waals surface area contributed by atoms with Crippen molar-refractivity contribution in [3.05, 3.63) is 53.6 Å². The van der Waals surface area contributed by atoms with Gasteiger partial charge in [0.1, 0.15) is 5.75 Å². The van der Waals surface area contributed by atoms with Gasteiger partial charge in [-0.05, 0) is 54.5 Å². The molecule has 150 valence electrons. The van der Waals surface area contributed by atoms with Crippen LogP contribution in [-0.2, 0) is 13.0 Å². The summed E-state index contributed by atoms with van der Waals surface area (Å²) in [5.41, 5.74) is 3.77. The van der Waals surface area contributed by atoms with Crippen molar-refractivity contribution in [2.45, 2.75) is 32.9 Å². The van der Waals surface area contributed by atoms with Crippen LogP contribution in [0.2, 0.25) is 0 Å². The Labute approximate surface area is 169 Å². The first kappa shape index (κ1) is 18.9. The van der Waals surface area contributed by atoms with E-state index in [9.17, 15) is 4.79 Å². The van der Waals surface area contributed by atoms with Gasteiger partial charge in [0, 0.05) is 24.2 Å². The highest BCUT2D eigenvalue weighted by atomic mass is 16.5. The number of benzene rings is 2. The molecule has 3 aromatic rings. The second kappa shape index (κ2) is 7.90. The molecule has 0 aliphatic carbocycles. The second-order valence-electron chi connectivity index (χ2n) is 7.29. The van der Waals surface area contributed by atoms with Crippen LogP contribution in [0.15, 0.2) is 42.5 Å². The van der Waals surface area contributed by atoms with Gasteiger partial charge in [0.25, 0.3) is 0 Å². The normalized spacial score (nSPS) is 13.3. The number of fused-ring (bicyclic) bond motifs is 1. The first-order valence-corrected chi connectivity index (χ1v) is 9.66. The number of para-hydroxylation sites is 1. The van der Waals surface area contributed by atoms with Crippen LogP contribution in [-0.4, -0.2) is 44.8 Å². The molecule has 1 aromatic heterocycles. The van der Waals surface area contributed by atoms with Crippen LogP contribution < -0.4 is 10.1 Å². The van der Waals surface area contributed by atoms with Gasteiger partial charge in [-0.3, -0.25) is 0 Å². The molecule has 2 amide bonds. The molecule has 1 aliphatic rings.